The average Bonchev–Trinajstić information content (AvgIpc) is 2.24. The topological polar surface area (TPSA) is 59.3 Å². The van der Waals surface area contributed by atoms with Crippen LogP contribution in [0.15, 0.2) is 29.1 Å². The second-order valence-electron chi connectivity index (χ2n) is 3.79. The van der Waals surface area contributed by atoms with Crippen molar-refractivity contribution in [3.8, 4) is 0 Å². The van der Waals surface area contributed by atoms with Crippen molar-refractivity contribution in [1.29, 1.82) is 0 Å². The van der Waals surface area contributed by atoms with E-state index in [1.807, 2.05) is 0 Å². The molecule has 0 aliphatic carbocycles. The van der Waals surface area contributed by atoms with Crippen molar-refractivity contribution in [1.82, 2.24) is 4.57 Å². The summed E-state index contributed by atoms with van der Waals surface area (Å²) >= 11 is 5.82. The number of benzene rings is 1. The lowest BCUT2D eigenvalue weighted by Gasteiger charge is -2.12. The van der Waals surface area contributed by atoms with Crippen LogP contribution in [0.25, 0.3) is 10.9 Å². The van der Waals surface area contributed by atoms with Gasteiger partial charge < -0.3 is 9.67 Å². The van der Waals surface area contributed by atoms with Gasteiger partial charge >= 0.3 is 5.97 Å². The third-order valence-electron chi connectivity index (χ3n) is 2.57. The largest absolute Gasteiger partial charge is 0.480 e. The van der Waals surface area contributed by atoms with Crippen molar-refractivity contribution < 1.29 is 9.90 Å². The Balaban J connectivity index is 2.83. The van der Waals surface area contributed by atoms with Gasteiger partial charge in [-0.15, -0.1) is 0 Å². The van der Waals surface area contributed by atoms with Crippen LogP contribution in [0.1, 0.15) is 5.69 Å². The van der Waals surface area contributed by atoms with Crippen LogP contribution < -0.4 is 5.43 Å². The van der Waals surface area contributed by atoms with Crippen molar-refractivity contribution in [2.45, 2.75) is 13.5 Å². The smallest absolute Gasteiger partial charge is 0.323 e. The lowest BCUT2D eigenvalue weighted by Crippen LogP contribution is -2.16. The highest BCUT2D eigenvalue weighted by molar-refractivity contribution is 6.31. The van der Waals surface area contributed by atoms with E-state index in [0.717, 1.165) is 0 Å². The number of aromatic nitrogens is 1. The summed E-state index contributed by atoms with van der Waals surface area (Å²) in [6.07, 6.45) is 0. The molecule has 1 aromatic carbocycles. The molecule has 2 aromatic rings. The standard InChI is InChI=1S/C12H10ClNO3/c1-7-4-11(15)9-5-8(13)2-3-10(9)14(7)6-12(16)17/h2-5H,6H2,1H3,(H,16,17). The van der Waals surface area contributed by atoms with E-state index in [1.54, 1.807) is 29.7 Å². The number of carboxylic acids is 1. The molecule has 0 aliphatic heterocycles. The minimum absolute atomic E-state index is 0.151. The van der Waals surface area contributed by atoms with E-state index in [4.69, 9.17) is 16.7 Å². The van der Waals surface area contributed by atoms with Crippen LogP contribution >= 0.6 is 11.6 Å². The van der Waals surface area contributed by atoms with Gasteiger partial charge in [-0.2, -0.15) is 0 Å². The molecule has 88 valence electrons. The monoisotopic (exact) mass is 251 g/mol. The van der Waals surface area contributed by atoms with Crippen LogP contribution in [0.4, 0.5) is 0 Å². The molecule has 0 aliphatic rings. The number of pyridine rings is 1. The number of hydrogen-bond donors (Lipinski definition) is 1. The molecule has 0 saturated carbocycles. The Morgan fingerprint density at radius 2 is 2.12 bits per heavy atom. The van der Waals surface area contributed by atoms with Crippen molar-refractivity contribution in [2.75, 3.05) is 0 Å². The van der Waals surface area contributed by atoms with Gasteiger partial charge in [0.05, 0.1) is 5.52 Å². The third kappa shape index (κ3) is 2.17. The number of rotatable bonds is 2. The summed E-state index contributed by atoms with van der Waals surface area (Å²) in [5.41, 5.74) is 1.05. The molecule has 0 unspecified atom stereocenters. The van der Waals surface area contributed by atoms with Gasteiger partial charge in [0, 0.05) is 22.2 Å². The van der Waals surface area contributed by atoms with Gasteiger partial charge in [-0.25, -0.2) is 0 Å². The highest BCUT2D eigenvalue weighted by Gasteiger charge is 2.09. The van der Waals surface area contributed by atoms with E-state index in [2.05, 4.69) is 0 Å². The maximum atomic E-state index is 11.8. The summed E-state index contributed by atoms with van der Waals surface area (Å²) in [5.74, 6) is -0.951. The number of hydrogen-bond acceptors (Lipinski definition) is 2. The van der Waals surface area contributed by atoms with E-state index < -0.39 is 5.97 Å². The summed E-state index contributed by atoms with van der Waals surface area (Å²) in [5, 5.41) is 9.74. The molecule has 5 heteroatoms. The summed E-state index contributed by atoms with van der Waals surface area (Å²) in [4.78, 5) is 22.6. The predicted octanol–water partition coefficient (Wildman–Crippen LogP) is 2.05. The molecule has 2 rings (SSSR count). The molecule has 0 saturated heterocycles. The number of carboxylic acid groups (broad SMARTS) is 1. The van der Waals surface area contributed by atoms with Crippen molar-refractivity contribution >= 4 is 28.5 Å². The first kappa shape index (κ1) is 11.7. The second kappa shape index (κ2) is 4.22. The summed E-state index contributed by atoms with van der Waals surface area (Å²) in [6, 6.07) is 6.27. The first-order valence-corrected chi connectivity index (χ1v) is 5.38. The Kier molecular flexibility index (Phi) is 2.90. The van der Waals surface area contributed by atoms with E-state index >= 15 is 0 Å². The fraction of sp³-hybridized carbons (Fsp3) is 0.167. The van der Waals surface area contributed by atoms with Gasteiger partial charge in [0.15, 0.2) is 5.43 Å². The quantitative estimate of drug-likeness (QED) is 0.889. The Morgan fingerprint density at radius 1 is 1.41 bits per heavy atom. The van der Waals surface area contributed by atoms with Crippen LogP contribution in [0.5, 0.6) is 0 Å². The Morgan fingerprint density at radius 3 is 2.76 bits per heavy atom. The van der Waals surface area contributed by atoms with E-state index in [-0.39, 0.29) is 12.0 Å². The molecule has 0 fully saturated rings. The maximum absolute atomic E-state index is 11.8. The Hall–Kier alpha value is -1.81. The van der Waals surface area contributed by atoms with Crippen molar-refractivity contribution in [3.05, 3.63) is 45.2 Å². The number of aryl methyl sites for hydroxylation is 1. The molecular formula is C12H10ClNO3. The Labute approximate surface area is 102 Å². The third-order valence-corrected chi connectivity index (χ3v) is 2.81. The molecule has 0 radical (unpaired) electrons. The molecule has 0 amide bonds. The molecule has 17 heavy (non-hydrogen) atoms. The predicted molar refractivity (Wildman–Crippen MR) is 65.6 cm³/mol. The van der Waals surface area contributed by atoms with Crippen LogP contribution in [0.2, 0.25) is 5.02 Å². The zero-order valence-electron chi connectivity index (χ0n) is 9.11. The molecule has 1 aromatic heterocycles. The number of fused-ring (bicyclic) bond motifs is 1. The van der Waals surface area contributed by atoms with Crippen LogP contribution in [0.3, 0.4) is 0 Å². The normalized spacial score (nSPS) is 10.7. The Bertz CT molecular complexity index is 661. The van der Waals surface area contributed by atoms with Crippen LogP contribution in [-0.4, -0.2) is 15.6 Å². The van der Waals surface area contributed by atoms with Gasteiger partial charge in [0.25, 0.3) is 0 Å². The fourth-order valence-corrected chi connectivity index (χ4v) is 1.99. The van der Waals surface area contributed by atoms with Crippen LogP contribution in [0, 0.1) is 6.92 Å². The first-order valence-electron chi connectivity index (χ1n) is 5.00. The molecule has 0 atom stereocenters. The average molecular weight is 252 g/mol. The molecular weight excluding hydrogens is 242 g/mol. The summed E-state index contributed by atoms with van der Waals surface area (Å²) in [7, 11) is 0. The summed E-state index contributed by atoms with van der Waals surface area (Å²) < 4.78 is 1.58. The SMILES string of the molecule is Cc1cc(=O)c2cc(Cl)ccc2n1CC(=O)O. The van der Waals surface area contributed by atoms with Crippen molar-refractivity contribution in [2.24, 2.45) is 0 Å². The van der Waals surface area contributed by atoms with Gasteiger partial charge in [0.2, 0.25) is 0 Å². The summed E-state index contributed by atoms with van der Waals surface area (Å²) in [6.45, 7) is 1.53. The minimum atomic E-state index is -0.951. The lowest BCUT2D eigenvalue weighted by atomic mass is 10.2. The van der Waals surface area contributed by atoms with E-state index in [9.17, 15) is 9.59 Å². The number of nitrogens with zero attached hydrogens (tertiary/aromatic N) is 1. The molecule has 1 N–H and O–H groups in total. The van der Waals surface area contributed by atoms with E-state index in [0.29, 0.717) is 21.6 Å². The van der Waals surface area contributed by atoms with Gasteiger partial charge in [-0.1, -0.05) is 11.6 Å². The van der Waals surface area contributed by atoms with Gasteiger partial charge in [0.1, 0.15) is 6.54 Å². The number of aliphatic carboxylic acids is 1. The number of carbonyl (C=O) groups is 1. The molecule has 4 nitrogen and oxygen atoms in total. The highest BCUT2D eigenvalue weighted by Crippen LogP contribution is 2.17. The second-order valence-corrected chi connectivity index (χ2v) is 4.23. The van der Waals surface area contributed by atoms with E-state index in [1.165, 1.54) is 6.07 Å². The van der Waals surface area contributed by atoms with Gasteiger partial charge in [-0.3, -0.25) is 9.59 Å². The number of halogens is 1. The lowest BCUT2D eigenvalue weighted by molar-refractivity contribution is -0.137. The first-order chi connectivity index (χ1) is 7.99. The highest BCUT2D eigenvalue weighted by atomic mass is 35.5. The maximum Gasteiger partial charge on any atom is 0.323 e. The molecule has 0 spiro atoms. The van der Waals surface area contributed by atoms with Crippen LogP contribution in [-0.2, 0) is 11.3 Å². The fourth-order valence-electron chi connectivity index (χ4n) is 1.82. The van der Waals surface area contributed by atoms with Crippen molar-refractivity contribution in [3.63, 3.8) is 0 Å². The molecule has 0 bridgehead atoms. The zero-order chi connectivity index (χ0) is 12.6. The van der Waals surface area contributed by atoms with Gasteiger partial charge in [-0.05, 0) is 25.1 Å². The molecule has 1 heterocycles. The zero-order valence-corrected chi connectivity index (χ0v) is 9.86. The minimum Gasteiger partial charge on any atom is -0.480 e.